The van der Waals surface area contributed by atoms with Crippen molar-refractivity contribution in [3.8, 4) is 5.75 Å². The van der Waals surface area contributed by atoms with E-state index in [2.05, 4.69) is 9.64 Å². The van der Waals surface area contributed by atoms with Crippen molar-refractivity contribution in [3.63, 3.8) is 0 Å². The molecule has 1 N–H and O–H groups in total. The quantitative estimate of drug-likeness (QED) is 0.689. The maximum Gasteiger partial charge on any atom is 0.423 e. The lowest BCUT2D eigenvalue weighted by molar-refractivity contribution is 0.0244. The molecule has 1 aromatic rings. The molecule has 2 atom stereocenters. The largest absolute Gasteiger partial charge is 0.465 e. The van der Waals surface area contributed by atoms with Crippen LogP contribution < -0.4 is 8.91 Å². The van der Waals surface area contributed by atoms with Crippen molar-refractivity contribution in [2.45, 2.75) is 38.1 Å². The molecule has 2 heterocycles. The summed E-state index contributed by atoms with van der Waals surface area (Å²) in [6, 6.07) is 5.83. The summed E-state index contributed by atoms with van der Waals surface area (Å²) in [6.45, 7) is 2.31. The highest BCUT2D eigenvalue weighted by Gasteiger charge is 2.34. The molecule has 2 aliphatic heterocycles. The van der Waals surface area contributed by atoms with Crippen LogP contribution in [-0.4, -0.2) is 58.2 Å². The van der Waals surface area contributed by atoms with Crippen LogP contribution >= 0.6 is 0 Å². The third-order valence-corrected chi connectivity index (χ3v) is 6.16. The second kappa shape index (κ2) is 9.45. The number of nitrogens with zero attached hydrogens (tertiary/aromatic N) is 1. The fourth-order valence-electron chi connectivity index (χ4n) is 4.03. The number of rotatable bonds is 6. The molecule has 29 heavy (non-hydrogen) atoms. The second-order valence-electron chi connectivity index (χ2n) is 7.26. The van der Waals surface area contributed by atoms with E-state index in [-0.39, 0.29) is 23.8 Å². The van der Waals surface area contributed by atoms with Gasteiger partial charge in [-0.2, -0.15) is 13.1 Å². The predicted octanol–water partition coefficient (Wildman–Crippen LogP) is 2.09. The average Bonchev–Trinajstić information content (AvgIpc) is 2.71. The van der Waals surface area contributed by atoms with Crippen molar-refractivity contribution in [2.24, 2.45) is 5.92 Å². The third kappa shape index (κ3) is 5.83. The predicted molar refractivity (Wildman–Crippen MR) is 104 cm³/mol. The van der Waals surface area contributed by atoms with E-state index in [4.69, 9.17) is 8.92 Å². The number of nitrogens with one attached hydrogen (secondary N) is 1. The zero-order valence-corrected chi connectivity index (χ0v) is 17.2. The Morgan fingerprint density at radius 2 is 1.97 bits per heavy atom. The first-order chi connectivity index (χ1) is 13.9. The number of hydrogen-bond donors (Lipinski definition) is 1. The van der Waals surface area contributed by atoms with E-state index in [9.17, 15) is 18.0 Å². The van der Waals surface area contributed by atoms with Gasteiger partial charge >= 0.3 is 22.4 Å². The number of hydrogen-bond acceptors (Lipinski definition) is 8. The van der Waals surface area contributed by atoms with Crippen LogP contribution in [0.25, 0.3) is 0 Å². The lowest BCUT2D eigenvalue weighted by Gasteiger charge is -2.44. The second-order valence-corrected chi connectivity index (χ2v) is 8.54. The number of amides is 1. The van der Waals surface area contributed by atoms with E-state index in [1.807, 2.05) is 0 Å². The van der Waals surface area contributed by atoms with Crippen molar-refractivity contribution in [2.75, 3.05) is 26.8 Å². The number of ether oxygens (including phenoxy) is 2. The maximum absolute atomic E-state index is 12.1. The molecule has 0 radical (unpaired) electrons. The van der Waals surface area contributed by atoms with Gasteiger partial charge in [0.1, 0.15) is 5.75 Å². The lowest BCUT2D eigenvalue weighted by atomic mass is 9.84. The van der Waals surface area contributed by atoms with E-state index >= 15 is 0 Å². The van der Waals surface area contributed by atoms with Crippen LogP contribution in [0.2, 0.25) is 0 Å². The van der Waals surface area contributed by atoms with E-state index in [1.54, 1.807) is 4.72 Å². The molecule has 2 saturated heterocycles. The zero-order chi connectivity index (χ0) is 20.9. The van der Waals surface area contributed by atoms with Crippen LogP contribution in [0.1, 0.15) is 42.5 Å². The molecule has 2 fully saturated rings. The topological polar surface area (TPSA) is 111 Å². The van der Waals surface area contributed by atoms with Crippen LogP contribution in [-0.2, 0) is 19.8 Å². The number of esters is 1. The van der Waals surface area contributed by atoms with Crippen molar-refractivity contribution < 1.29 is 31.7 Å². The summed E-state index contributed by atoms with van der Waals surface area (Å²) < 4.78 is 40.5. The molecular formula is C19H26N2O7S. The minimum Gasteiger partial charge on any atom is -0.465 e. The standard InChI is InChI=1S/C19H26N2O7S/c1-26-18(22)14-6-4-8-16(12-14)28-29(24,25)20-19(23)27-13-15-7-5-11-21-10-3-2-9-17(15)21/h4,6,8,12,15,17H,2-3,5,7,9-11,13H2,1H3,(H,20,23)/t15-,17+/m0/s1. The minimum absolute atomic E-state index is 0.122. The Morgan fingerprint density at radius 3 is 2.76 bits per heavy atom. The Bertz CT molecular complexity index is 841. The van der Waals surface area contributed by atoms with Gasteiger partial charge in [0.15, 0.2) is 0 Å². The Labute approximate surface area is 170 Å². The number of piperidine rings is 2. The molecule has 0 aliphatic carbocycles. The van der Waals surface area contributed by atoms with Crippen LogP contribution in [0.15, 0.2) is 24.3 Å². The number of fused-ring (bicyclic) bond motifs is 1. The van der Waals surface area contributed by atoms with E-state index < -0.39 is 22.4 Å². The summed E-state index contributed by atoms with van der Waals surface area (Å²) in [6.07, 6.45) is 4.35. The fraction of sp³-hybridized carbons (Fsp3) is 0.579. The molecule has 0 unspecified atom stereocenters. The first-order valence-corrected chi connectivity index (χ1v) is 11.1. The van der Waals surface area contributed by atoms with Crippen molar-refractivity contribution >= 4 is 22.4 Å². The van der Waals surface area contributed by atoms with Gasteiger partial charge in [0.25, 0.3) is 0 Å². The van der Waals surface area contributed by atoms with Crippen molar-refractivity contribution in [1.29, 1.82) is 0 Å². The number of carbonyl (C=O) groups excluding carboxylic acids is 2. The van der Waals surface area contributed by atoms with E-state index in [1.165, 1.54) is 37.8 Å². The molecule has 1 amide bonds. The highest BCUT2D eigenvalue weighted by atomic mass is 32.2. The van der Waals surface area contributed by atoms with E-state index in [0.717, 1.165) is 38.8 Å². The number of methoxy groups -OCH3 is 1. The van der Waals surface area contributed by atoms with Gasteiger partial charge in [0, 0.05) is 12.0 Å². The van der Waals surface area contributed by atoms with Gasteiger partial charge in [-0.25, -0.2) is 9.59 Å². The first-order valence-electron chi connectivity index (χ1n) is 9.69. The SMILES string of the molecule is COC(=O)c1cccc(OS(=O)(=O)NC(=O)OC[C@@H]2CCCN3CCCC[C@H]23)c1. The smallest absolute Gasteiger partial charge is 0.423 e. The van der Waals surface area contributed by atoms with Gasteiger partial charge < -0.3 is 13.7 Å². The van der Waals surface area contributed by atoms with Crippen LogP contribution in [0.5, 0.6) is 5.75 Å². The highest BCUT2D eigenvalue weighted by molar-refractivity contribution is 7.85. The summed E-state index contributed by atoms with van der Waals surface area (Å²) in [4.78, 5) is 26.0. The van der Waals surface area contributed by atoms with Crippen LogP contribution in [0, 0.1) is 5.92 Å². The Morgan fingerprint density at radius 1 is 1.17 bits per heavy atom. The molecule has 2 aliphatic rings. The zero-order valence-electron chi connectivity index (χ0n) is 16.3. The van der Waals surface area contributed by atoms with Gasteiger partial charge in [0.2, 0.25) is 0 Å². The Kier molecular flexibility index (Phi) is 6.96. The fourth-order valence-corrected chi connectivity index (χ4v) is 4.69. The normalized spacial score (nSPS) is 22.2. The lowest BCUT2D eigenvalue weighted by Crippen LogP contribution is -2.49. The Hall–Kier alpha value is -2.33. The van der Waals surface area contributed by atoms with Crippen molar-refractivity contribution in [1.82, 2.24) is 9.62 Å². The van der Waals surface area contributed by atoms with Crippen molar-refractivity contribution in [3.05, 3.63) is 29.8 Å². The molecule has 0 aromatic heterocycles. The summed E-state index contributed by atoms with van der Waals surface area (Å²) in [5.74, 6) is -0.557. The van der Waals surface area contributed by atoms with Gasteiger partial charge in [-0.3, -0.25) is 4.90 Å². The molecule has 10 heteroatoms. The third-order valence-electron chi connectivity index (χ3n) is 5.33. The summed E-state index contributed by atoms with van der Waals surface area (Å²) in [7, 11) is -3.24. The van der Waals surface area contributed by atoms with Gasteiger partial charge in [0.05, 0.1) is 19.3 Å². The summed E-state index contributed by atoms with van der Waals surface area (Å²) in [5, 5.41) is 0. The number of carbonyl (C=O) groups is 2. The van der Waals surface area contributed by atoms with Gasteiger partial charge in [-0.05, 0) is 57.0 Å². The molecule has 9 nitrogen and oxygen atoms in total. The average molecular weight is 426 g/mol. The summed E-state index contributed by atoms with van der Waals surface area (Å²) >= 11 is 0. The molecule has 0 spiro atoms. The molecule has 0 saturated carbocycles. The van der Waals surface area contributed by atoms with Gasteiger partial charge in [-0.1, -0.05) is 12.5 Å². The molecular weight excluding hydrogens is 400 g/mol. The van der Waals surface area contributed by atoms with E-state index in [0.29, 0.717) is 6.04 Å². The molecule has 160 valence electrons. The van der Waals surface area contributed by atoms with Crippen LogP contribution in [0.4, 0.5) is 4.79 Å². The molecule has 3 rings (SSSR count). The summed E-state index contributed by atoms with van der Waals surface area (Å²) in [5.41, 5.74) is 0.122. The molecule has 0 bridgehead atoms. The maximum atomic E-state index is 12.1. The first kappa shape index (κ1) is 21.4. The molecule has 1 aromatic carbocycles. The Balaban J connectivity index is 1.52. The van der Waals surface area contributed by atoms with Crippen LogP contribution in [0.3, 0.4) is 0 Å². The van der Waals surface area contributed by atoms with Gasteiger partial charge in [-0.15, -0.1) is 0 Å². The monoisotopic (exact) mass is 426 g/mol. The number of benzene rings is 1. The minimum atomic E-state index is -4.45. The highest BCUT2D eigenvalue weighted by Crippen LogP contribution is 2.31.